The van der Waals surface area contributed by atoms with E-state index < -0.39 is 0 Å². The molecule has 0 amide bonds. The van der Waals surface area contributed by atoms with Crippen molar-refractivity contribution in [3.05, 3.63) is 0 Å². The molecular formula is C56H114N10O2. The standard InChI is InChI=1S/C56H114N10O2/c1-17-22-31-50(30-20-4)67-62(16)55(12,13)35-34-49(44-46(6)7)65(41-24-19-3)52(57)61-53(60-48(9)59-38-43-63-39-29-36-58-37-42-63)64(40-23-18-2)47(8)45-56(14,15)66(54(10,11)21-5)68-51-32-27-25-26-28-33-51/h46-47,49-51,58H,17-45H2,1-16H3,(H2,57,59,60,61). The molecule has 2 fully saturated rings. The van der Waals surface area contributed by atoms with Crippen LogP contribution < -0.4 is 11.1 Å². The highest BCUT2D eigenvalue weighted by Gasteiger charge is 2.42. The summed E-state index contributed by atoms with van der Waals surface area (Å²) in [5, 5.41) is 8.10. The molecule has 3 atom stereocenters. The second-order valence-electron chi connectivity index (χ2n) is 23.2. The normalized spacial score (nSPS) is 18.6. The van der Waals surface area contributed by atoms with Crippen molar-refractivity contribution in [2.24, 2.45) is 26.6 Å². The van der Waals surface area contributed by atoms with Gasteiger partial charge in [-0.25, -0.2) is 0 Å². The predicted octanol–water partition coefficient (Wildman–Crippen LogP) is 12.5. The molecule has 0 radical (unpaired) electrons. The van der Waals surface area contributed by atoms with E-state index in [1.165, 1.54) is 44.9 Å². The molecule has 1 heterocycles. The number of hydroxylamine groups is 4. The second-order valence-corrected chi connectivity index (χ2v) is 23.2. The summed E-state index contributed by atoms with van der Waals surface area (Å²) in [5.74, 6) is 2.50. The third kappa shape index (κ3) is 23.2. The Balaban J connectivity index is 2.69. The SMILES string of the molecule is CCCCC(CCC)ON(C)C(C)(C)CCC(CC(C)C)N(CCCC)/C(N)=N/C(=NC(C)=NCCN1CCCNCC1)N(CCCC)C(C)CC(C)(C)N(OC1CCCCCC1)C(C)(C)CC. The topological polar surface area (TPSA) is 110 Å². The molecule has 12 heteroatoms. The third-order valence-electron chi connectivity index (χ3n) is 15.0. The van der Waals surface area contributed by atoms with Crippen molar-refractivity contribution in [2.45, 2.75) is 280 Å². The van der Waals surface area contributed by atoms with Gasteiger partial charge in [0.15, 0.2) is 5.96 Å². The van der Waals surface area contributed by atoms with Crippen LogP contribution in [-0.4, -0.2) is 143 Å². The summed E-state index contributed by atoms with van der Waals surface area (Å²) in [7, 11) is 2.15. The van der Waals surface area contributed by atoms with Gasteiger partial charge in [0.1, 0.15) is 5.84 Å². The van der Waals surface area contributed by atoms with Gasteiger partial charge in [0.05, 0.1) is 18.8 Å². The van der Waals surface area contributed by atoms with E-state index in [2.05, 4.69) is 141 Å². The van der Waals surface area contributed by atoms with Crippen LogP contribution in [0.5, 0.6) is 0 Å². The van der Waals surface area contributed by atoms with Gasteiger partial charge in [0.2, 0.25) is 5.96 Å². The van der Waals surface area contributed by atoms with Gasteiger partial charge in [0, 0.05) is 68.5 Å². The molecule has 400 valence electrons. The number of nitrogens with one attached hydrogen (secondary N) is 1. The minimum absolute atomic E-state index is 0.0953. The first-order chi connectivity index (χ1) is 32.2. The van der Waals surface area contributed by atoms with Gasteiger partial charge in [-0.3, -0.25) is 14.7 Å². The van der Waals surface area contributed by atoms with Crippen LogP contribution in [0.15, 0.2) is 15.0 Å². The van der Waals surface area contributed by atoms with E-state index in [-0.39, 0.29) is 40.9 Å². The van der Waals surface area contributed by atoms with Crippen LogP contribution in [0.25, 0.3) is 0 Å². The molecule has 0 aromatic heterocycles. The molecule has 0 aromatic rings. The van der Waals surface area contributed by atoms with Crippen LogP contribution in [0.1, 0.15) is 239 Å². The molecule has 1 aliphatic heterocycles. The fourth-order valence-corrected chi connectivity index (χ4v) is 10.3. The molecule has 1 saturated heterocycles. The monoisotopic (exact) mass is 959 g/mol. The smallest absolute Gasteiger partial charge is 0.230 e. The number of aliphatic imine (C=N–C) groups is 3. The first-order valence-electron chi connectivity index (χ1n) is 28.5. The molecule has 12 nitrogen and oxygen atoms in total. The Labute approximate surface area is 421 Å². The van der Waals surface area contributed by atoms with Crippen LogP contribution in [0, 0.1) is 5.92 Å². The van der Waals surface area contributed by atoms with E-state index in [0.29, 0.717) is 24.4 Å². The van der Waals surface area contributed by atoms with Crippen LogP contribution in [0.2, 0.25) is 0 Å². The molecule has 0 bridgehead atoms. The quantitative estimate of drug-likeness (QED) is 0.0304. The van der Waals surface area contributed by atoms with Crippen molar-refractivity contribution >= 4 is 17.8 Å². The van der Waals surface area contributed by atoms with Gasteiger partial charge in [-0.15, -0.1) is 0 Å². The highest BCUT2D eigenvalue weighted by atomic mass is 16.7. The number of nitrogens with two attached hydrogens (primary N) is 1. The van der Waals surface area contributed by atoms with Crippen LogP contribution >= 0.6 is 0 Å². The average Bonchev–Trinajstić information content (AvgIpc) is 3.71. The average molecular weight is 960 g/mol. The Bertz CT molecular complexity index is 1400. The molecule has 3 unspecified atom stereocenters. The Kier molecular flexibility index (Phi) is 30.2. The maximum Gasteiger partial charge on any atom is 0.230 e. The lowest BCUT2D eigenvalue weighted by atomic mass is 9.89. The highest BCUT2D eigenvalue weighted by molar-refractivity contribution is 6.00. The summed E-state index contributed by atoms with van der Waals surface area (Å²) in [6.45, 7) is 42.3. The third-order valence-corrected chi connectivity index (χ3v) is 15.0. The molecule has 1 saturated carbocycles. The van der Waals surface area contributed by atoms with Crippen molar-refractivity contribution in [3.63, 3.8) is 0 Å². The van der Waals surface area contributed by atoms with Crippen molar-refractivity contribution < 1.29 is 9.68 Å². The molecule has 2 rings (SSSR count). The molecule has 0 spiro atoms. The number of rotatable bonds is 31. The predicted molar refractivity (Wildman–Crippen MR) is 295 cm³/mol. The summed E-state index contributed by atoms with van der Waals surface area (Å²) in [4.78, 5) is 37.3. The molecule has 3 N–H and O–H groups in total. The van der Waals surface area contributed by atoms with E-state index in [1.54, 1.807) is 0 Å². The lowest BCUT2D eigenvalue weighted by molar-refractivity contribution is -0.296. The van der Waals surface area contributed by atoms with Crippen LogP contribution in [0.4, 0.5) is 0 Å². The minimum atomic E-state index is -0.271. The number of hydrogen-bond donors (Lipinski definition) is 2. The summed E-state index contributed by atoms with van der Waals surface area (Å²) in [6, 6.07) is 0.313. The first-order valence-corrected chi connectivity index (χ1v) is 28.5. The number of guanidine groups is 2. The highest BCUT2D eigenvalue weighted by Crippen LogP contribution is 2.36. The van der Waals surface area contributed by atoms with Gasteiger partial charge in [0.25, 0.3) is 0 Å². The Morgan fingerprint density at radius 3 is 2.00 bits per heavy atom. The van der Waals surface area contributed by atoms with E-state index >= 15 is 0 Å². The van der Waals surface area contributed by atoms with Crippen molar-refractivity contribution in [2.75, 3.05) is 59.4 Å². The lowest BCUT2D eigenvalue weighted by Gasteiger charge is -2.50. The van der Waals surface area contributed by atoms with Crippen molar-refractivity contribution in [1.82, 2.24) is 30.1 Å². The summed E-state index contributed by atoms with van der Waals surface area (Å²) in [5.41, 5.74) is 6.90. The van der Waals surface area contributed by atoms with Gasteiger partial charge >= 0.3 is 0 Å². The second kappa shape index (κ2) is 33.0. The fourth-order valence-electron chi connectivity index (χ4n) is 10.3. The Morgan fingerprint density at radius 2 is 1.40 bits per heavy atom. The Morgan fingerprint density at radius 1 is 0.750 bits per heavy atom. The molecular weight excluding hydrogens is 845 g/mol. The molecule has 2 aliphatic rings. The number of nitrogens with zero attached hydrogens (tertiary/aromatic N) is 8. The minimum Gasteiger partial charge on any atom is -0.369 e. The largest absolute Gasteiger partial charge is 0.369 e. The zero-order valence-electron chi connectivity index (χ0n) is 47.9. The maximum atomic E-state index is 7.46. The number of hydrogen-bond acceptors (Lipinski definition) is 7. The van der Waals surface area contributed by atoms with E-state index in [0.717, 1.165) is 142 Å². The van der Waals surface area contributed by atoms with Crippen LogP contribution in [-0.2, 0) is 9.68 Å². The molecule has 0 aromatic carbocycles. The summed E-state index contributed by atoms with van der Waals surface area (Å²) < 4.78 is 0. The summed E-state index contributed by atoms with van der Waals surface area (Å²) in [6.07, 6.45) is 23.9. The van der Waals surface area contributed by atoms with Gasteiger partial charge in [-0.1, -0.05) is 106 Å². The van der Waals surface area contributed by atoms with E-state index in [4.69, 9.17) is 30.4 Å². The first kappa shape index (κ1) is 62.3. The van der Waals surface area contributed by atoms with Crippen molar-refractivity contribution in [1.29, 1.82) is 0 Å². The molecule has 1 aliphatic carbocycles. The zero-order valence-corrected chi connectivity index (χ0v) is 47.9. The van der Waals surface area contributed by atoms with Crippen LogP contribution in [0.3, 0.4) is 0 Å². The Hall–Kier alpha value is -1.83. The van der Waals surface area contributed by atoms with Gasteiger partial charge < -0.3 is 25.8 Å². The number of unbranched alkanes of at least 4 members (excludes halogenated alkanes) is 3. The van der Waals surface area contributed by atoms with E-state index in [9.17, 15) is 0 Å². The van der Waals surface area contributed by atoms with Gasteiger partial charge in [-0.05, 0) is 151 Å². The fraction of sp³-hybridized carbons (Fsp3) is 0.946. The maximum absolute atomic E-state index is 7.46. The summed E-state index contributed by atoms with van der Waals surface area (Å²) >= 11 is 0. The van der Waals surface area contributed by atoms with E-state index in [1.807, 2.05) is 0 Å². The molecule has 68 heavy (non-hydrogen) atoms. The van der Waals surface area contributed by atoms with Gasteiger partial charge in [-0.2, -0.15) is 20.1 Å². The lowest BCUT2D eigenvalue weighted by Crippen LogP contribution is -2.58. The zero-order chi connectivity index (χ0) is 50.8. The van der Waals surface area contributed by atoms with Crippen molar-refractivity contribution in [3.8, 4) is 0 Å². The number of amidine groups is 1.